The van der Waals surface area contributed by atoms with Crippen molar-refractivity contribution in [3.63, 3.8) is 0 Å². The Labute approximate surface area is 236 Å². The fourth-order valence-corrected chi connectivity index (χ4v) is 5.54. The Morgan fingerprint density at radius 1 is 1.00 bits per heavy atom. The molecular formula is C29H25Br2NO6. The number of esters is 2. The van der Waals surface area contributed by atoms with Crippen LogP contribution >= 0.6 is 31.9 Å². The summed E-state index contributed by atoms with van der Waals surface area (Å²) in [5.74, 6) is -3.60. The molecule has 1 fully saturated rings. The smallest absolute Gasteiger partial charge is 0.324 e. The number of para-hydroxylation sites is 1. The number of carbonyl (C=O) groups excluding carboxylic acids is 2. The molecule has 7 nitrogen and oxygen atoms in total. The van der Waals surface area contributed by atoms with E-state index in [9.17, 15) is 9.59 Å². The van der Waals surface area contributed by atoms with Gasteiger partial charge < -0.3 is 23.9 Å². The Bertz CT molecular complexity index is 1490. The van der Waals surface area contributed by atoms with Crippen molar-refractivity contribution in [3.05, 3.63) is 92.5 Å². The fourth-order valence-electron chi connectivity index (χ4n) is 4.70. The zero-order chi connectivity index (χ0) is 27.0. The highest BCUT2D eigenvalue weighted by atomic mass is 79.9. The van der Waals surface area contributed by atoms with Crippen LogP contribution in [0.3, 0.4) is 0 Å². The normalized spacial score (nSPS) is 16.1. The van der Waals surface area contributed by atoms with E-state index >= 15 is 0 Å². The van der Waals surface area contributed by atoms with E-state index in [1.54, 1.807) is 13.2 Å². The van der Waals surface area contributed by atoms with Gasteiger partial charge in [0.2, 0.25) is 0 Å². The van der Waals surface area contributed by atoms with Gasteiger partial charge in [0, 0.05) is 41.3 Å². The first-order valence-electron chi connectivity index (χ1n) is 11.9. The van der Waals surface area contributed by atoms with Gasteiger partial charge in [-0.1, -0.05) is 46.3 Å². The van der Waals surface area contributed by atoms with E-state index in [0.717, 1.165) is 26.5 Å². The average Bonchev–Trinajstić information content (AvgIpc) is 3.29. The van der Waals surface area contributed by atoms with Crippen LogP contribution in [0.5, 0.6) is 11.5 Å². The van der Waals surface area contributed by atoms with Crippen LogP contribution in [0, 0.1) is 5.92 Å². The summed E-state index contributed by atoms with van der Waals surface area (Å²) in [6.07, 6.45) is 1.81. The number of methoxy groups -OCH3 is 1. The van der Waals surface area contributed by atoms with Crippen LogP contribution in [0.2, 0.25) is 0 Å². The van der Waals surface area contributed by atoms with Crippen molar-refractivity contribution >= 4 is 54.7 Å². The molecule has 0 radical (unpaired) electrons. The topological polar surface area (TPSA) is 86.9 Å². The van der Waals surface area contributed by atoms with E-state index < -0.39 is 29.6 Å². The van der Waals surface area contributed by atoms with Crippen molar-refractivity contribution in [2.24, 2.45) is 5.92 Å². The third kappa shape index (κ3) is 5.17. The van der Waals surface area contributed by atoms with E-state index in [1.807, 2.05) is 60.8 Å². The second-order valence-corrected chi connectivity index (χ2v) is 11.2. The lowest BCUT2D eigenvalue weighted by atomic mass is 9.80. The van der Waals surface area contributed by atoms with Crippen LogP contribution in [0.4, 0.5) is 0 Å². The Morgan fingerprint density at radius 2 is 1.68 bits per heavy atom. The van der Waals surface area contributed by atoms with Crippen molar-refractivity contribution in [2.45, 2.75) is 32.2 Å². The minimum absolute atomic E-state index is 0.323. The maximum Gasteiger partial charge on any atom is 0.324 e. The van der Waals surface area contributed by atoms with E-state index in [2.05, 4.69) is 36.8 Å². The highest BCUT2D eigenvalue weighted by Gasteiger charge is 2.49. The molecule has 4 aromatic rings. The molecule has 2 heterocycles. The lowest BCUT2D eigenvalue weighted by Crippen LogP contribution is -2.48. The quantitative estimate of drug-likeness (QED) is 0.175. The third-order valence-electron chi connectivity index (χ3n) is 6.40. The summed E-state index contributed by atoms with van der Waals surface area (Å²) in [6, 6.07) is 19.2. The minimum Gasteiger partial charge on any atom is -0.493 e. The molecule has 1 aliphatic heterocycles. The maximum absolute atomic E-state index is 13.3. The van der Waals surface area contributed by atoms with Gasteiger partial charge >= 0.3 is 11.9 Å². The number of hydrogen-bond donors (Lipinski definition) is 1. The molecule has 0 bridgehead atoms. The highest BCUT2D eigenvalue weighted by molar-refractivity contribution is 9.10. The van der Waals surface area contributed by atoms with E-state index in [0.29, 0.717) is 28.1 Å². The van der Waals surface area contributed by atoms with Gasteiger partial charge in [0.1, 0.15) is 6.61 Å². The summed E-state index contributed by atoms with van der Waals surface area (Å²) < 4.78 is 24.4. The van der Waals surface area contributed by atoms with Crippen LogP contribution in [-0.2, 0) is 25.7 Å². The van der Waals surface area contributed by atoms with E-state index in [1.165, 1.54) is 13.8 Å². The Balaban J connectivity index is 1.59. The molecule has 1 N–H and O–H groups in total. The Morgan fingerprint density at radius 3 is 2.37 bits per heavy atom. The van der Waals surface area contributed by atoms with Gasteiger partial charge in [-0.25, -0.2) is 0 Å². The Hall–Kier alpha value is -3.30. The number of cyclic esters (lactones) is 2. The minimum atomic E-state index is -1.33. The molecule has 3 aromatic carbocycles. The third-order valence-corrected chi connectivity index (χ3v) is 7.52. The molecule has 38 heavy (non-hydrogen) atoms. The predicted octanol–water partition coefficient (Wildman–Crippen LogP) is 6.86. The standard InChI is InChI=1S/C29H25Br2NO6/c1-29(2)37-27(33)25(28(34)38-29)24(20-14-32-22-7-5-4-6-19(20)22)17-12-21(31)26(23(13-17)35-3)36-15-16-8-10-18(30)11-9-16/h4-14,24-25,32H,15H2,1-3H3/t24-/m1/s1. The number of nitrogens with one attached hydrogen (secondary N) is 1. The van der Waals surface area contributed by atoms with Gasteiger partial charge in [0.05, 0.1) is 11.6 Å². The summed E-state index contributed by atoms with van der Waals surface area (Å²) in [6.45, 7) is 3.40. The summed E-state index contributed by atoms with van der Waals surface area (Å²) >= 11 is 7.06. The largest absolute Gasteiger partial charge is 0.493 e. The number of H-pyrrole nitrogens is 1. The van der Waals surface area contributed by atoms with Crippen LogP contribution in [-0.4, -0.2) is 29.8 Å². The average molecular weight is 643 g/mol. The molecule has 0 unspecified atom stereocenters. The zero-order valence-corrected chi connectivity index (χ0v) is 24.1. The maximum atomic E-state index is 13.3. The molecule has 196 valence electrons. The first-order valence-corrected chi connectivity index (χ1v) is 13.5. The zero-order valence-electron chi connectivity index (χ0n) is 20.9. The van der Waals surface area contributed by atoms with Crippen molar-refractivity contribution in [1.29, 1.82) is 0 Å². The molecular weight excluding hydrogens is 618 g/mol. The molecule has 1 atom stereocenters. The lowest BCUT2D eigenvalue weighted by molar-refractivity contribution is -0.240. The van der Waals surface area contributed by atoms with E-state index in [-0.39, 0.29) is 0 Å². The van der Waals surface area contributed by atoms with Gasteiger partial charge in [-0.3, -0.25) is 9.59 Å². The van der Waals surface area contributed by atoms with Gasteiger partial charge in [-0.15, -0.1) is 0 Å². The van der Waals surface area contributed by atoms with E-state index in [4.69, 9.17) is 18.9 Å². The van der Waals surface area contributed by atoms with Crippen molar-refractivity contribution in [2.75, 3.05) is 7.11 Å². The van der Waals surface area contributed by atoms with Crippen molar-refractivity contribution in [3.8, 4) is 11.5 Å². The second-order valence-electron chi connectivity index (χ2n) is 9.44. The summed E-state index contributed by atoms with van der Waals surface area (Å²) in [4.78, 5) is 29.7. The van der Waals surface area contributed by atoms with Crippen molar-refractivity contribution < 1.29 is 28.5 Å². The Kier molecular flexibility index (Phi) is 7.24. The number of benzene rings is 3. The van der Waals surface area contributed by atoms with Crippen LogP contribution in [0.1, 0.15) is 36.5 Å². The first-order chi connectivity index (χ1) is 18.2. The lowest BCUT2D eigenvalue weighted by Gasteiger charge is -2.36. The number of carbonyl (C=O) groups is 2. The molecule has 0 amide bonds. The molecule has 9 heteroatoms. The molecule has 5 rings (SSSR count). The molecule has 1 aliphatic rings. The van der Waals surface area contributed by atoms with Gasteiger partial charge in [-0.2, -0.15) is 0 Å². The summed E-state index contributed by atoms with van der Waals surface area (Å²) in [5, 5.41) is 0.883. The van der Waals surface area contributed by atoms with Crippen molar-refractivity contribution in [1.82, 2.24) is 4.98 Å². The van der Waals surface area contributed by atoms with Crippen LogP contribution in [0.25, 0.3) is 10.9 Å². The number of rotatable bonds is 7. The number of halogens is 2. The summed E-state index contributed by atoms with van der Waals surface area (Å²) in [7, 11) is 1.55. The number of aromatic amines is 1. The fraction of sp³-hybridized carbons (Fsp3) is 0.241. The molecule has 1 aromatic heterocycles. The van der Waals surface area contributed by atoms with Gasteiger partial charge in [0.25, 0.3) is 5.79 Å². The van der Waals surface area contributed by atoms with Gasteiger partial charge in [-0.05, 0) is 63.0 Å². The predicted molar refractivity (Wildman–Crippen MR) is 149 cm³/mol. The first kappa shape index (κ1) is 26.3. The summed E-state index contributed by atoms with van der Waals surface area (Å²) in [5.41, 5.74) is 3.29. The SMILES string of the molecule is COc1cc([C@H](c2c[nH]c3ccccc23)C2C(=O)OC(C)(C)OC2=O)cc(Br)c1OCc1ccc(Br)cc1. The van der Waals surface area contributed by atoms with Crippen LogP contribution in [0.15, 0.2) is 75.8 Å². The number of hydrogen-bond acceptors (Lipinski definition) is 6. The monoisotopic (exact) mass is 641 g/mol. The van der Waals surface area contributed by atoms with Gasteiger partial charge in [0.15, 0.2) is 17.4 Å². The molecule has 1 saturated heterocycles. The van der Waals surface area contributed by atoms with Crippen LogP contribution < -0.4 is 9.47 Å². The molecule has 0 saturated carbocycles. The number of ether oxygens (including phenoxy) is 4. The molecule has 0 spiro atoms. The highest BCUT2D eigenvalue weighted by Crippen LogP contribution is 2.45. The number of aromatic nitrogens is 1. The molecule has 0 aliphatic carbocycles. The number of fused-ring (bicyclic) bond motifs is 1. The second kappa shape index (κ2) is 10.5.